The molecule has 4 aromatic rings. The average molecular weight is 554 g/mol. The molecule has 1 aliphatic carbocycles. The fourth-order valence-corrected chi connectivity index (χ4v) is 6.49. The van der Waals surface area contributed by atoms with Crippen molar-refractivity contribution in [2.24, 2.45) is 5.73 Å². The van der Waals surface area contributed by atoms with Gasteiger partial charge in [-0.2, -0.15) is 0 Å². The molecule has 5 rings (SSSR count). The number of nitrogens with two attached hydrogens (primary N) is 1. The van der Waals surface area contributed by atoms with E-state index in [9.17, 15) is 8.42 Å². The third kappa shape index (κ3) is 5.60. The van der Waals surface area contributed by atoms with Gasteiger partial charge in [0.1, 0.15) is 10.7 Å². The van der Waals surface area contributed by atoms with Gasteiger partial charge in [-0.15, -0.1) is 0 Å². The molecule has 0 spiro atoms. The van der Waals surface area contributed by atoms with Crippen molar-refractivity contribution >= 4 is 44.2 Å². The summed E-state index contributed by atoms with van der Waals surface area (Å²) in [6, 6.07) is 14.8. The van der Waals surface area contributed by atoms with E-state index in [1.165, 1.54) is 24.3 Å². The van der Waals surface area contributed by atoms with Crippen LogP contribution in [0, 0.1) is 5.82 Å². The maximum absolute atomic E-state index is 15.1. The van der Waals surface area contributed by atoms with Crippen LogP contribution < -0.4 is 15.8 Å². The van der Waals surface area contributed by atoms with Crippen molar-refractivity contribution in [1.29, 1.82) is 0 Å². The van der Waals surface area contributed by atoms with Crippen LogP contribution >= 0.6 is 11.6 Å². The van der Waals surface area contributed by atoms with Gasteiger partial charge in [-0.05, 0) is 85.2 Å². The summed E-state index contributed by atoms with van der Waals surface area (Å²) in [5.41, 5.74) is 9.21. The van der Waals surface area contributed by atoms with E-state index in [1.54, 1.807) is 24.4 Å². The van der Waals surface area contributed by atoms with Gasteiger partial charge in [0.15, 0.2) is 0 Å². The number of nitrogens with one attached hydrogen (secondary N) is 2. The molecule has 7 nitrogen and oxygen atoms in total. The third-order valence-electron chi connectivity index (χ3n) is 6.86. The van der Waals surface area contributed by atoms with Gasteiger partial charge in [0, 0.05) is 23.7 Å². The van der Waals surface area contributed by atoms with Gasteiger partial charge in [-0.1, -0.05) is 36.7 Å². The first-order chi connectivity index (χ1) is 18.2. The SMILES string of the molecule is CCc1cc(-c2ccc(NS(=O)(=O)c3ccccc3Cl)c(F)c2)cc2cnc(N[C@@H]3CCC[C@H](N)C3)nc12. The Morgan fingerprint density at radius 2 is 1.92 bits per heavy atom. The van der Waals surface area contributed by atoms with Gasteiger partial charge in [0.25, 0.3) is 10.0 Å². The van der Waals surface area contributed by atoms with Crippen molar-refractivity contribution in [3.8, 4) is 11.1 Å². The van der Waals surface area contributed by atoms with Crippen molar-refractivity contribution in [3.63, 3.8) is 0 Å². The smallest absolute Gasteiger partial charge is 0.263 e. The Bertz CT molecular complexity index is 1600. The Kier molecular flexibility index (Phi) is 7.52. The summed E-state index contributed by atoms with van der Waals surface area (Å²) in [6.45, 7) is 2.04. The summed E-state index contributed by atoms with van der Waals surface area (Å²) in [5, 5.41) is 4.33. The maximum Gasteiger partial charge on any atom is 0.263 e. The molecule has 0 saturated heterocycles. The largest absolute Gasteiger partial charge is 0.351 e. The number of sulfonamides is 1. The summed E-state index contributed by atoms with van der Waals surface area (Å²) >= 11 is 6.03. The quantitative estimate of drug-likeness (QED) is 0.254. The molecule has 0 radical (unpaired) electrons. The Labute approximate surface area is 226 Å². The maximum atomic E-state index is 15.1. The molecule has 38 heavy (non-hydrogen) atoms. The first-order valence-corrected chi connectivity index (χ1v) is 14.5. The summed E-state index contributed by atoms with van der Waals surface area (Å²) in [7, 11) is -4.05. The minimum Gasteiger partial charge on any atom is -0.351 e. The van der Waals surface area contributed by atoms with Gasteiger partial charge < -0.3 is 11.1 Å². The molecule has 2 atom stereocenters. The van der Waals surface area contributed by atoms with Crippen LogP contribution in [0.1, 0.15) is 38.2 Å². The number of benzene rings is 3. The second kappa shape index (κ2) is 10.8. The molecule has 4 N–H and O–H groups in total. The molecule has 0 unspecified atom stereocenters. The monoisotopic (exact) mass is 553 g/mol. The number of aromatic nitrogens is 2. The highest BCUT2D eigenvalue weighted by molar-refractivity contribution is 7.92. The van der Waals surface area contributed by atoms with Crippen LogP contribution in [-0.4, -0.2) is 30.5 Å². The molecule has 1 aliphatic rings. The lowest BCUT2D eigenvalue weighted by molar-refractivity contribution is 0.408. The van der Waals surface area contributed by atoms with Crippen LogP contribution in [0.25, 0.3) is 22.0 Å². The van der Waals surface area contributed by atoms with E-state index >= 15 is 4.39 Å². The van der Waals surface area contributed by atoms with Crippen molar-refractivity contribution < 1.29 is 12.8 Å². The summed E-state index contributed by atoms with van der Waals surface area (Å²) in [5.74, 6) is -0.113. The fourth-order valence-electron chi connectivity index (χ4n) is 4.91. The number of hydrogen-bond acceptors (Lipinski definition) is 6. The molecule has 10 heteroatoms. The van der Waals surface area contributed by atoms with E-state index in [4.69, 9.17) is 22.3 Å². The summed E-state index contributed by atoms with van der Waals surface area (Å²) in [4.78, 5) is 9.18. The minimum absolute atomic E-state index is 0.0585. The molecule has 0 bridgehead atoms. The number of anilines is 2. The van der Waals surface area contributed by atoms with Gasteiger partial charge in [-0.3, -0.25) is 4.72 Å². The number of rotatable bonds is 7. The first kappa shape index (κ1) is 26.3. The topological polar surface area (TPSA) is 110 Å². The Morgan fingerprint density at radius 1 is 1.11 bits per heavy atom. The lowest BCUT2D eigenvalue weighted by Gasteiger charge is -2.27. The van der Waals surface area contributed by atoms with Gasteiger partial charge in [0.05, 0.1) is 16.2 Å². The lowest BCUT2D eigenvalue weighted by Crippen LogP contribution is -2.35. The zero-order valence-corrected chi connectivity index (χ0v) is 22.5. The Balaban J connectivity index is 1.42. The van der Waals surface area contributed by atoms with Crippen LogP contribution in [0.2, 0.25) is 5.02 Å². The molecule has 1 heterocycles. The number of halogens is 2. The Hall–Kier alpha value is -3.27. The van der Waals surface area contributed by atoms with Crippen molar-refractivity contribution in [2.45, 2.75) is 56.0 Å². The molecule has 1 fully saturated rings. The highest BCUT2D eigenvalue weighted by atomic mass is 35.5. The van der Waals surface area contributed by atoms with Crippen LogP contribution in [-0.2, 0) is 16.4 Å². The average Bonchev–Trinajstić information content (AvgIpc) is 2.89. The molecule has 0 amide bonds. The van der Waals surface area contributed by atoms with Gasteiger partial charge >= 0.3 is 0 Å². The molecule has 1 saturated carbocycles. The van der Waals surface area contributed by atoms with Crippen LogP contribution in [0.5, 0.6) is 0 Å². The highest BCUT2D eigenvalue weighted by Crippen LogP contribution is 2.31. The number of aryl methyl sites for hydroxylation is 1. The fraction of sp³-hybridized carbons (Fsp3) is 0.286. The van der Waals surface area contributed by atoms with Gasteiger partial charge in [0.2, 0.25) is 5.95 Å². The van der Waals surface area contributed by atoms with Crippen LogP contribution in [0.4, 0.5) is 16.0 Å². The predicted octanol–water partition coefficient (Wildman–Crippen LogP) is 6.13. The summed E-state index contributed by atoms with van der Waals surface area (Å²) in [6.07, 6.45) is 6.59. The van der Waals surface area contributed by atoms with E-state index in [-0.39, 0.29) is 27.7 Å². The lowest BCUT2D eigenvalue weighted by atomic mass is 9.92. The molecular weight excluding hydrogens is 525 g/mol. The molecular formula is C28H29ClFN5O2S. The van der Waals surface area contributed by atoms with E-state index in [0.29, 0.717) is 11.5 Å². The van der Waals surface area contributed by atoms with E-state index < -0.39 is 15.8 Å². The third-order valence-corrected chi connectivity index (χ3v) is 8.73. The second-order valence-electron chi connectivity index (χ2n) is 9.62. The second-order valence-corrected chi connectivity index (χ2v) is 11.7. The van der Waals surface area contributed by atoms with Crippen molar-refractivity contribution in [1.82, 2.24) is 9.97 Å². The Morgan fingerprint density at radius 3 is 2.66 bits per heavy atom. The minimum atomic E-state index is -4.05. The van der Waals surface area contributed by atoms with Gasteiger partial charge in [-0.25, -0.2) is 22.8 Å². The molecule has 1 aromatic heterocycles. The predicted molar refractivity (Wildman–Crippen MR) is 150 cm³/mol. The summed E-state index contributed by atoms with van der Waals surface area (Å²) < 4.78 is 42.9. The van der Waals surface area contributed by atoms with E-state index in [2.05, 4.69) is 15.0 Å². The van der Waals surface area contributed by atoms with Crippen LogP contribution in [0.15, 0.2) is 65.7 Å². The number of nitrogens with zero attached hydrogens (tertiary/aromatic N) is 2. The zero-order valence-electron chi connectivity index (χ0n) is 20.9. The van der Waals surface area contributed by atoms with Crippen molar-refractivity contribution in [3.05, 3.63) is 77.2 Å². The molecule has 198 valence electrons. The highest BCUT2D eigenvalue weighted by Gasteiger charge is 2.21. The zero-order chi connectivity index (χ0) is 26.9. The first-order valence-electron chi connectivity index (χ1n) is 12.6. The number of hydrogen-bond donors (Lipinski definition) is 3. The normalized spacial score (nSPS) is 17.9. The molecule has 3 aromatic carbocycles. The van der Waals surface area contributed by atoms with E-state index in [0.717, 1.165) is 54.1 Å². The number of fused-ring (bicyclic) bond motifs is 1. The standard InChI is InChI=1S/C28H29ClFN5O2S/c1-2-17-12-19(13-20-16-32-28(34-27(17)20)33-22-7-5-6-21(31)15-22)18-10-11-25(24(30)14-18)35-38(36,37)26-9-4-3-8-23(26)29/h3-4,8-14,16,21-22,35H,2,5-7,15,31H2,1H3,(H,32,33,34)/t21-,22+/m0/s1. The van der Waals surface area contributed by atoms with Crippen molar-refractivity contribution in [2.75, 3.05) is 10.0 Å². The molecule has 0 aliphatic heterocycles. The van der Waals surface area contributed by atoms with E-state index in [1.807, 2.05) is 19.1 Å². The van der Waals surface area contributed by atoms with Crippen LogP contribution in [0.3, 0.4) is 0 Å².